The lowest BCUT2D eigenvalue weighted by molar-refractivity contribution is 0.269. The Morgan fingerprint density at radius 3 is 2.65 bits per heavy atom. The van der Waals surface area contributed by atoms with Crippen LogP contribution >= 0.6 is 11.8 Å². The SMILES string of the molecule is C=C(/N=C\C(=C/C(C)Oc1ccc(F)cc1)Sc1ccnc(/C=C/C(C)C)c1C)Nc1ncc(CC)[nH]1. The van der Waals surface area contributed by atoms with Crippen molar-refractivity contribution in [1.82, 2.24) is 15.0 Å². The molecule has 1 unspecified atom stereocenters. The second-order valence-corrected chi connectivity index (χ2v) is 9.93. The van der Waals surface area contributed by atoms with E-state index in [0.29, 0.717) is 23.4 Å². The number of halogens is 1. The number of thioether (sulfide) groups is 1. The van der Waals surface area contributed by atoms with Crippen LogP contribution in [-0.2, 0) is 6.42 Å². The molecular weight excluding hydrogens is 485 g/mol. The number of rotatable bonds is 12. The van der Waals surface area contributed by atoms with Crippen LogP contribution in [0.3, 0.4) is 0 Å². The highest BCUT2D eigenvalue weighted by molar-refractivity contribution is 8.04. The molecule has 0 aliphatic carbocycles. The quantitative estimate of drug-likeness (QED) is 0.191. The van der Waals surface area contributed by atoms with Crippen molar-refractivity contribution in [2.45, 2.75) is 52.0 Å². The molecule has 3 aromatic rings. The van der Waals surface area contributed by atoms with E-state index in [2.05, 4.69) is 71.7 Å². The van der Waals surface area contributed by atoms with E-state index in [1.807, 2.05) is 25.3 Å². The monoisotopic (exact) mass is 519 g/mol. The van der Waals surface area contributed by atoms with Crippen LogP contribution in [0.2, 0.25) is 0 Å². The molecule has 2 heterocycles. The van der Waals surface area contributed by atoms with Gasteiger partial charge in [0, 0.05) is 27.9 Å². The van der Waals surface area contributed by atoms with Crippen LogP contribution in [0.5, 0.6) is 5.75 Å². The number of hydrogen-bond donors (Lipinski definition) is 2. The van der Waals surface area contributed by atoms with Crippen LogP contribution in [0.1, 0.15) is 44.6 Å². The number of aromatic amines is 1. The van der Waals surface area contributed by atoms with Crippen molar-refractivity contribution in [3.63, 3.8) is 0 Å². The van der Waals surface area contributed by atoms with Crippen LogP contribution in [0.4, 0.5) is 10.3 Å². The molecule has 1 atom stereocenters. The van der Waals surface area contributed by atoms with Crippen LogP contribution in [-0.4, -0.2) is 27.3 Å². The van der Waals surface area contributed by atoms with Crippen molar-refractivity contribution in [3.8, 4) is 5.75 Å². The fourth-order valence-corrected chi connectivity index (χ4v) is 4.24. The Morgan fingerprint density at radius 1 is 1.22 bits per heavy atom. The predicted octanol–water partition coefficient (Wildman–Crippen LogP) is 7.58. The fraction of sp³-hybridized carbons (Fsp3) is 0.276. The van der Waals surface area contributed by atoms with E-state index in [4.69, 9.17) is 4.74 Å². The van der Waals surface area contributed by atoms with Gasteiger partial charge in [-0.05, 0) is 74.2 Å². The normalized spacial score (nSPS) is 13.0. The number of pyridine rings is 1. The maximum atomic E-state index is 13.3. The lowest BCUT2D eigenvalue weighted by Crippen LogP contribution is -2.09. The van der Waals surface area contributed by atoms with Crippen molar-refractivity contribution in [3.05, 3.63) is 95.0 Å². The number of aliphatic imine (C=N–C) groups is 1. The molecular formula is C29H34FN5OS. The van der Waals surface area contributed by atoms with Crippen molar-refractivity contribution in [1.29, 1.82) is 0 Å². The molecule has 1 aromatic carbocycles. The van der Waals surface area contributed by atoms with E-state index in [0.717, 1.165) is 33.2 Å². The standard InChI is InChI=1S/C29H34FN5OS/c1-7-24-17-33-29(35-24)34-22(6)32-18-26(16-20(4)36-25-11-9-23(30)10-12-25)37-28-14-15-31-27(21(28)5)13-8-19(2)3/h8-20H,6-7H2,1-5H3,(H2,33,34,35)/b13-8+,26-16+,32-18-. The zero-order valence-corrected chi connectivity index (χ0v) is 22.8. The molecule has 8 heteroatoms. The van der Waals surface area contributed by atoms with Gasteiger partial charge in [0.15, 0.2) is 0 Å². The van der Waals surface area contributed by atoms with Gasteiger partial charge in [0.25, 0.3) is 0 Å². The molecule has 0 bridgehead atoms. The summed E-state index contributed by atoms with van der Waals surface area (Å²) in [4.78, 5) is 18.4. The lowest BCUT2D eigenvalue weighted by atomic mass is 10.1. The van der Waals surface area contributed by atoms with Gasteiger partial charge in [0.05, 0.1) is 11.9 Å². The Kier molecular flexibility index (Phi) is 10.3. The number of aromatic nitrogens is 3. The third-order valence-electron chi connectivity index (χ3n) is 5.21. The molecule has 2 N–H and O–H groups in total. The number of allylic oxidation sites excluding steroid dienone is 2. The Labute approximate surface area is 222 Å². The Balaban J connectivity index is 1.83. The Morgan fingerprint density at radius 2 is 1.97 bits per heavy atom. The van der Waals surface area contributed by atoms with Crippen molar-refractivity contribution < 1.29 is 9.13 Å². The first-order valence-electron chi connectivity index (χ1n) is 12.2. The summed E-state index contributed by atoms with van der Waals surface area (Å²) in [5, 5.41) is 3.08. The molecule has 0 fully saturated rings. The number of hydrogen-bond acceptors (Lipinski definition) is 6. The molecule has 0 radical (unpaired) electrons. The van der Waals surface area contributed by atoms with Crippen LogP contribution in [0.25, 0.3) is 6.08 Å². The summed E-state index contributed by atoms with van der Waals surface area (Å²) in [6.07, 6.45) is 12.1. The van der Waals surface area contributed by atoms with Gasteiger partial charge >= 0.3 is 0 Å². The minimum absolute atomic E-state index is 0.291. The number of nitrogens with zero attached hydrogens (tertiary/aromatic N) is 3. The molecule has 0 saturated carbocycles. The minimum Gasteiger partial charge on any atom is -0.487 e. The zero-order chi connectivity index (χ0) is 26.8. The Hall–Kier alpha value is -3.65. The number of anilines is 1. The van der Waals surface area contributed by atoms with E-state index in [1.54, 1.807) is 36.3 Å². The molecule has 3 rings (SSSR count). The lowest BCUT2D eigenvalue weighted by Gasteiger charge is -2.14. The molecule has 0 spiro atoms. The van der Waals surface area contributed by atoms with E-state index < -0.39 is 0 Å². The topological polar surface area (TPSA) is 75.2 Å². The molecule has 6 nitrogen and oxygen atoms in total. The number of ether oxygens (including phenoxy) is 1. The first kappa shape index (κ1) is 27.9. The highest BCUT2D eigenvalue weighted by Crippen LogP contribution is 2.31. The third-order valence-corrected chi connectivity index (χ3v) is 6.35. The summed E-state index contributed by atoms with van der Waals surface area (Å²) in [5.74, 6) is 1.76. The van der Waals surface area contributed by atoms with Crippen LogP contribution in [0, 0.1) is 18.7 Å². The fourth-order valence-electron chi connectivity index (χ4n) is 3.23. The maximum absolute atomic E-state index is 13.3. The van der Waals surface area contributed by atoms with Gasteiger partial charge in [-0.25, -0.2) is 14.4 Å². The predicted molar refractivity (Wildman–Crippen MR) is 152 cm³/mol. The summed E-state index contributed by atoms with van der Waals surface area (Å²) in [6.45, 7) is 14.3. The zero-order valence-electron chi connectivity index (χ0n) is 22.0. The second-order valence-electron chi connectivity index (χ2n) is 8.81. The summed E-state index contributed by atoms with van der Waals surface area (Å²) >= 11 is 1.57. The van der Waals surface area contributed by atoms with Gasteiger partial charge in [-0.2, -0.15) is 0 Å². The van der Waals surface area contributed by atoms with Crippen molar-refractivity contribution >= 4 is 30.0 Å². The highest BCUT2D eigenvalue weighted by atomic mass is 32.2. The second kappa shape index (κ2) is 13.6. The van der Waals surface area contributed by atoms with E-state index in [1.165, 1.54) is 12.1 Å². The molecule has 2 aromatic heterocycles. The summed E-state index contributed by atoms with van der Waals surface area (Å²) in [7, 11) is 0. The summed E-state index contributed by atoms with van der Waals surface area (Å²) in [6, 6.07) is 7.97. The first-order valence-corrected chi connectivity index (χ1v) is 13.0. The van der Waals surface area contributed by atoms with Crippen molar-refractivity contribution in [2.75, 3.05) is 5.32 Å². The van der Waals surface area contributed by atoms with E-state index in [-0.39, 0.29) is 11.9 Å². The van der Waals surface area contributed by atoms with Crippen molar-refractivity contribution in [2.24, 2.45) is 10.9 Å². The molecule has 0 aliphatic heterocycles. The largest absolute Gasteiger partial charge is 0.487 e. The number of imidazole rings is 1. The number of H-pyrrole nitrogens is 1. The van der Waals surface area contributed by atoms with Gasteiger partial charge in [-0.15, -0.1) is 0 Å². The maximum Gasteiger partial charge on any atom is 0.205 e. The van der Waals surface area contributed by atoms with Gasteiger partial charge in [0.1, 0.15) is 23.5 Å². The average molecular weight is 520 g/mol. The van der Waals surface area contributed by atoms with Crippen LogP contribution < -0.4 is 10.1 Å². The number of benzene rings is 1. The molecule has 37 heavy (non-hydrogen) atoms. The number of aryl methyl sites for hydroxylation is 1. The Bertz CT molecular complexity index is 1280. The molecule has 194 valence electrons. The molecule has 0 saturated heterocycles. The number of nitrogens with one attached hydrogen (secondary N) is 2. The first-order chi connectivity index (χ1) is 17.7. The van der Waals surface area contributed by atoms with E-state index in [9.17, 15) is 4.39 Å². The smallest absolute Gasteiger partial charge is 0.205 e. The van der Waals surface area contributed by atoms with Gasteiger partial charge in [-0.1, -0.05) is 45.2 Å². The van der Waals surface area contributed by atoms with Crippen LogP contribution in [0.15, 0.2) is 82.1 Å². The third kappa shape index (κ3) is 9.06. The molecule has 0 amide bonds. The van der Waals surface area contributed by atoms with E-state index >= 15 is 0 Å². The molecule has 0 aliphatic rings. The van der Waals surface area contributed by atoms with Gasteiger partial charge in [-0.3, -0.25) is 4.98 Å². The average Bonchev–Trinajstić information content (AvgIpc) is 3.31. The minimum atomic E-state index is -0.303. The summed E-state index contributed by atoms with van der Waals surface area (Å²) < 4.78 is 19.3. The van der Waals surface area contributed by atoms with Gasteiger partial charge in [0.2, 0.25) is 5.95 Å². The highest BCUT2D eigenvalue weighted by Gasteiger charge is 2.10. The summed E-state index contributed by atoms with van der Waals surface area (Å²) in [5.41, 5.74) is 3.04. The van der Waals surface area contributed by atoms with Gasteiger partial charge < -0.3 is 15.0 Å².